The molecule has 43 heavy (non-hydrogen) atoms. The van der Waals surface area contributed by atoms with E-state index in [9.17, 15) is 14.4 Å². The molecule has 0 bridgehead atoms. The molecule has 3 N–H and O–H groups in total. The summed E-state index contributed by atoms with van der Waals surface area (Å²) < 4.78 is 12.1. The predicted molar refractivity (Wildman–Crippen MR) is 168 cm³/mol. The van der Waals surface area contributed by atoms with Gasteiger partial charge in [0, 0.05) is 50.2 Å². The first-order valence-corrected chi connectivity index (χ1v) is 14.7. The first-order valence-electron chi connectivity index (χ1n) is 14.7. The van der Waals surface area contributed by atoms with Crippen LogP contribution < -0.4 is 10.5 Å². The van der Waals surface area contributed by atoms with Gasteiger partial charge in [0.25, 0.3) is 17.6 Å². The molecular weight excluding hydrogens is 546 g/mol. The van der Waals surface area contributed by atoms with E-state index in [2.05, 4.69) is 23.8 Å². The Balaban J connectivity index is 0.00000119. The second-order valence-electron chi connectivity index (χ2n) is 11.6. The molecule has 0 radical (unpaired) electrons. The molecule has 0 saturated carbocycles. The summed E-state index contributed by atoms with van der Waals surface area (Å²) >= 11 is 0. The standard InChI is InChI=1S/C30H38N4O5.C3H7N/c1-20(2)12-16-39-30(4,5)19-38-24-11-13-31-27-25(24)23(17-32-27)26(35)29(37)34-15-14-33(18-21(34)3)28(36)22-9-7-6-8-10-22;1-2-3-4/h6-11,13,17,20-21H,12,14-16,18-19H2,1-5H3,(H,31,32);2-3H,4H2,1H3/b;3-2-. The lowest BCUT2D eigenvalue weighted by molar-refractivity contribution is -0.130. The molecule has 3 aromatic rings. The molecule has 4 rings (SSSR count). The molecule has 0 spiro atoms. The van der Waals surface area contributed by atoms with Gasteiger partial charge >= 0.3 is 0 Å². The monoisotopic (exact) mass is 591 g/mol. The molecular formula is C33H45N5O5. The molecule has 232 valence electrons. The molecule has 10 nitrogen and oxygen atoms in total. The van der Waals surface area contributed by atoms with E-state index in [1.54, 1.807) is 40.3 Å². The van der Waals surface area contributed by atoms with E-state index in [-0.39, 0.29) is 30.7 Å². The molecule has 1 unspecified atom stereocenters. The van der Waals surface area contributed by atoms with Crippen molar-refractivity contribution in [1.82, 2.24) is 19.8 Å². The summed E-state index contributed by atoms with van der Waals surface area (Å²) in [4.78, 5) is 50.3. The minimum Gasteiger partial charge on any atom is -0.490 e. The number of aromatic nitrogens is 2. The number of nitrogens with two attached hydrogens (primary N) is 1. The fourth-order valence-electron chi connectivity index (χ4n) is 4.64. The van der Waals surface area contributed by atoms with Crippen LogP contribution in [0.1, 0.15) is 68.7 Å². The number of carbonyl (C=O) groups excluding carboxylic acids is 3. The number of nitrogens with zero attached hydrogens (tertiary/aromatic N) is 3. The van der Waals surface area contributed by atoms with E-state index < -0.39 is 17.3 Å². The maximum Gasteiger partial charge on any atom is 0.295 e. The number of amides is 2. The van der Waals surface area contributed by atoms with Gasteiger partial charge in [0.2, 0.25) is 0 Å². The number of nitrogens with one attached hydrogen (secondary N) is 1. The smallest absolute Gasteiger partial charge is 0.295 e. The molecule has 1 aliphatic rings. The Kier molecular flexibility index (Phi) is 11.9. The van der Waals surface area contributed by atoms with E-state index >= 15 is 0 Å². The van der Waals surface area contributed by atoms with Crippen LogP contribution in [0.15, 0.2) is 61.1 Å². The molecule has 2 aromatic heterocycles. The van der Waals surface area contributed by atoms with Crippen molar-refractivity contribution in [2.24, 2.45) is 11.7 Å². The molecule has 10 heteroatoms. The van der Waals surface area contributed by atoms with Gasteiger partial charge in [-0.05, 0) is 64.4 Å². The Hall–Kier alpha value is -4.18. The quantitative estimate of drug-likeness (QED) is 0.255. The number of fused-ring (bicyclic) bond motifs is 1. The van der Waals surface area contributed by atoms with Crippen LogP contribution in [0.3, 0.4) is 0 Å². The Bertz CT molecular complexity index is 1400. The number of H-pyrrole nitrogens is 1. The summed E-state index contributed by atoms with van der Waals surface area (Å²) in [5.41, 5.74) is 5.60. The van der Waals surface area contributed by atoms with Crippen LogP contribution in [0.5, 0.6) is 5.75 Å². The van der Waals surface area contributed by atoms with Gasteiger partial charge in [-0.1, -0.05) is 38.1 Å². The zero-order chi connectivity index (χ0) is 31.6. The van der Waals surface area contributed by atoms with Crippen LogP contribution in [-0.2, 0) is 9.53 Å². The normalized spacial score (nSPS) is 15.5. The van der Waals surface area contributed by atoms with Crippen molar-refractivity contribution in [2.45, 2.75) is 59.6 Å². The Morgan fingerprint density at radius 3 is 2.49 bits per heavy atom. The van der Waals surface area contributed by atoms with Gasteiger partial charge in [0.1, 0.15) is 18.0 Å². The molecule has 3 heterocycles. The van der Waals surface area contributed by atoms with Crippen molar-refractivity contribution in [3.8, 4) is 5.75 Å². The van der Waals surface area contributed by atoms with Gasteiger partial charge in [-0.2, -0.15) is 0 Å². The molecule has 1 aliphatic heterocycles. The van der Waals surface area contributed by atoms with Crippen molar-refractivity contribution in [3.63, 3.8) is 0 Å². The van der Waals surface area contributed by atoms with Crippen LogP contribution in [0, 0.1) is 5.92 Å². The van der Waals surface area contributed by atoms with E-state index in [0.717, 1.165) is 6.42 Å². The average molecular weight is 592 g/mol. The van der Waals surface area contributed by atoms with Gasteiger partial charge in [-0.25, -0.2) is 4.98 Å². The van der Waals surface area contributed by atoms with E-state index in [1.165, 1.54) is 12.4 Å². The summed E-state index contributed by atoms with van der Waals surface area (Å²) in [7, 11) is 0. The van der Waals surface area contributed by atoms with Crippen molar-refractivity contribution in [3.05, 3.63) is 72.2 Å². The topological polar surface area (TPSA) is 131 Å². The maximum atomic E-state index is 13.5. The third kappa shape index (κ3) is 8.90. The van der Waals surface area contributed by atoms with E-state index in [0.29, 0.717) is 48.0 Å². The zero-order valence-electron chi connectivity index (χ0n) is 26.1. The minimum absolute atomic E-state index is 0.0820. The number of hydrogen-bond donors (Lipinski definition) is 2. The highest BCUT2D eigenvalue weighted by molar-refractivity contribution is 6.45. The van der Waals surface area contributed by atoms with Crippen molar-refractivity contribution in [2.75, 3.05) is 32.8 Å². The van der Waals surface area contributed by atoms with E-state index in [1.807, 2.05) is 45.9 Å². The summed E-state index contributed by atoms with van der Waals surface area (Å²) in [6, 6.07) is 10.4. The van der Waals surface area contributed by atoms with Crippen molar-refractivity contribution < 1.29 is 23.9 Å². The second-order valence-corrected chi connectivity index (χ2v) is 11.6. The van der Waals surface area contributed by atoms with Gasteiger partial charge in [-0.3, -0.25) is 14.4 Å². The fourth-order valence-corrected chi connectivity index (χ4v) is 4.64. The molecule has 1 saturated heterocycles. The largest absolute Gasteiger partial charge is 0.490 e. The Labute approximate surface area is 254 Å². The van der Waals surface area contributed by atoms with Crippen LogP contribution in [-0.4, -0.2) is 81.9 Å². The first kappa shape index (κ1) is 33.3. The second kappa shape index (κ2) is 15.3. The average Bonchev–Trinajstić information content (AvgIpc) is 3.44. The van der Waals surface area contributed by atoms with Crippen LogP contribution in [0.2, 0.25) is 0 Å². The summed E-state index contributed by atoms with van der Waals surface area (Å²) in [6.07, 6.45) is 7.34. The van der Waals surface area contributed by atoms with Crippen LogP contribution in [0.4, 0.5) is 0 Å². The lowest BCUT2D eigenvalue weighted by atomic mass is 10.1. The van der Waals surface area contributed by atoms with Gasteiger partial charge in [0.05, 0.1) is 16.6 Å². The number of pyridine rings is 1. The number of ketones is 1. The van der Waals surface area contributed by atoms with Gasteiger partial charge < -0.3 is 30.0 Å². The highest BCUT2D eigenvalue weighted by Crippen LogP contribution is 2.29. The molecule has 1 fully saturated rings. The van der Waals surface area contributed by atoms with Crippen LogP contribution >= 0.6 is 0 Å². The first-order chi connectivity index (χ1) is 20.5. The van der Waals surface area contributed by atoms with Gasteiger partial charge in [-0.15, -0.1) is 0 Å². The molecule has 1 aromatic carbocycles. The lowest BCUT2D eigenvalue weighted by Crippen LogP contribution is -2.56. The number of ether oxygens (including phenoxy) is 2. The number of allylic oxidation sites excluding steroid dienone is 1. The SMILES string of the molecule is C/C=C\N.CC(C)CCOC(C)(C)COc1ccnc2[nH]cc(C(=O)C(=O)N3CCN(C(=O)c4ccccc4)CC3C)c12. The van der Waals surface area contributed by atoms with Crippen LogP contribution in [0.25, 0.3) is 11.0 Å². The number of carbonyl (C=O) groups is 3. The number of rotatable bonds is 10. The molecule has 1 atom stereocenters. The number of benzene rings is 1. The van der Waals surface area contributed by atoms with Gasteiger partial charge in [0.15, 0.2) is 0 Å². The third-order valence-corrected chi connectivity index (χ3v) is 7.13. The fraction of sp³-hybridized carbons (Fsp3) is 0.455. The number of hydrogen-bond acceptors (Lipinski definition) is 7. The molecule has 0 aliphatic carbocycles. The third-order valence-electron chi connectivity index (χ3n) is 7.13. The zero-order valence-corrected chi connectivity index (χ0v) is 26.1. The number of aromatic amines is 1. The number of piperazine rings is 1. The van der Waals surface area contributed by atoms with Crippen molar-refractivity contribution in [1.29, 1.82) is 0 Å². The van der Waals surface area contributed by atoms with Crippen molar-refractivity contribution >= 4 is 28.6 Å². The summed E-state index contributed by atoms with van der Waals surface area (Å²) in [5.74, 6) is -0.322. The summed E-state index contributed by atoms with van der Waals surface area (Å²) in [5, 5.41) is 0.472. The van der Waals surface area contributed by atoms with E-state index in [4.69, 9.17) is 15.2 Å². The molecule has 2 amide bonds. The Morgan fingerprint density at radius 1 is 1.16 bits per heavy atom. The Morgan fingerprint density at radius 2 is 1.86 bits per heavy atom. The maximum absolute atomic E-state index is 13.5. The highest BCUT2D eigenvalue weighted by atomic mass is 16.5. The summed E-state index contributed by atoms with van der Waals surface area (Å²) in [6.45, 7) is 13.8. The lowest BCUT2D eigenvalue weighted by Gasteiger charge is -2.39. The predicted octanol–water partition coefficient (Wildman–Crippen LogP) is 4.82. The number of Topliss-reactive ketones (excluding diaryl/α,β-unsaturated/α-hetero) is 1. The minimum atomic E-state index is -0.638. The highest BCUT2D eigenvalue weighted by Gasteiger charge is 2.35.